The average molecular weight is 422 g/mol. The lowest BCUT2D eigenvalue weighted by Gasteiger charge is -2.11. The normalized spacial score (nSPS) is 11.2. The van der Waals surface area contributed by atoms with Gasteiger partial charge in [-0.25, -0.2) is 4.98 Å². The summed E-state index contributed by atoms with van der Waals surface area (Å²) >= 11 is 0. The minimum Gasteiger partial charge on any atom is -0.494 e. The molecule has 0 spiro atoms. The number of nitrogens with one attached hydrogen (secondary N) is 1. The number of benzene rings is 2. The van der Waals surface area contributed by atoms with Gasteiger partial charge in [-0.1, -0.05) is 44.5 Å². The summed E-state index contributed by atoms with van der Waals surface area (Å²) in [7, 11) is 0. The third kappa shape index (κ3) is 6.84. The Hall–Kier alpha value is -2.82. The molecule has 0 atom stereocenters. The monoisotopic (exact) mass is 421 g/mol. The first-order valence-electron chi connectivity index (χ1n) is 11.5. The number of unbranched alkanes of at least 4 members (excludes halogenated alkanes) is 2. The Morgan fingerprint density at radius 2 is 1.90 bits per heavy atom. The number of para-hydroxylation sites is 2. The molecule has 0 radical (unpaired) electrons. The molecule has 0 unspecified atom stereocenters. The first-order valence-corrected chi connectivity index (χ1v) is 11.5. The summed E-state index contributed by atoms with van der Waals surface area (Å²) in [4.78, 5) is 16.5. The van der Waals surface area contributed by atoms with Crippen LogP contribution in [0.5, 0.6) is 5.75 Å². The Balaban J connectivity index is 1.50. The van der Waals surface area contributed by atoms with Crippen LogP contribution in [0.1, 0.15) is 50.9 Å². The molecular formula is C26H35N3O2. The lowest BCUT2D eigenvalue weighted by atomic mass is 10.1. The zero-order valence-electron chi connectivity index (χ0n) is 19.1. The second-order valence-electron chi connectivity index (χ2n) is 8.44. The highest BCUT2D eigenvalue weighted by atomic mass is 16.5. The van der Waals surface area contributed by atoms with Crippen molar-refractivity contribution in [2.45, 2.75) is 59.4 Å². The Labute approximate surface area is 185 Å². The van der Waals surface area contributed by atoms with Crippen molar-refractivity contribution >= 4 is 16.9 Å². The largest absolute Gasteiger partial charge is 0.494 e. The van der Waals surface area contributed by atoms with Crippen molar-refractivity contribution in [3.8, 4) is 5.75 Å². The maximum atomic E-state index is 11.6. The number of rotatable bonds is 12. The Morgan fingerprint density at radius 3 is 2.71 bits per heavy atom. The van der Waals surface area contributed by atoms with Crippen molar-refractivity contribution < 1.29 is 9.53 Å². The molecule has 0 saturated heterocycles. The molecule has 1 heterocycles. The third-order valence-corrected chi connectivity index (χ3v) is 5.42. The van der Waals surface area contributed by atoms with Crippen LogP contribution in [-0.2, 0) is 17.8 Å². The maximum absolute atomic E-state index is 11.6. The van der Waals surface area contributed by atoms with Gasteiger partial charge < -0.3 is 14.6 Å². The molecule has 166 valence electrons. The van der Waals surface area contributed by atoms with E-state index in [4.69, 9.17) is 9.72 Å². The van der Waals surface area contributed by atoms with E-state index < -0.39 is 0 Å². The van der Waals surface area contributed by atoms with Crippen molar-refractivity contribution in [3.63, 3.8) is 0 Å². The molecule has 2 aromatic carbocycles. The molecule has 1 aromatic heterocycles. The number of fused-ring (bicyclic) bond motifs is 1. The maximum Gasteiger partial charge on any atom is 0.222 e. The molecule has 1 amide bonds. The van der Waals surface area contributed by atoms with Gasteiger partial charge in [-0.2, -0.15) is 0 Å². The van der Waals surface area contributed by atoms with Gasteiger partial charge in [0.2, 0.25) is 5.91 Å². The second kappa shape index (κ2) is 11.5. The van der Waals surface area contributed by atoms with Gasteiger partial charge in [0.15, 0.2) is 0 Å². The third-order valence-electron chi connectivity index (χ3n) is 5.42. The molecule has 3 aromatic rings. The number of amides is 1. The van der Waals surface area contributed by atoms with Crippen molar-refractivity contribution in [1.29, 1.82) is 0 Å². The summed E-state index contributed by atoms with van der Waals surface area (Å²) in [5.41, 5.74) is 3.46. The molecular weight excluding hydrogens is 386 g/mol. The zero-order valence-corrected chi connectivity index (χ0v) is 19.1. The van der Waals surface area contributed by atoms with Crippen LogP contribution < -0.4 is 10.1 Å². The van der Waals surface area contributed by atoms with Crippen LogP contribution in [-0.4, -0.2) is 28.6 Å². The molecule has 3 rings (SSSR count). The Bertz CT molecular complexity index is 978. The fraction of sp³-hybridized carbons (Fsp3) is 0.462. The summed E-state index contributed by atoms with van der Waals surface area (Å²) in [5, 5.41) is 2.99. The number of imidazole rings is 1. The van der Waals surface area contributed by atoms with E-state index in [0.29, 0.717) is 6.61 Å². The van der Waals surface area contributed by atoms with Crippen LogP contribution in [0.15, 0.2) is 48.5 Å². The van der Waals surface area contributed by atoms with E-state index in [0.717, 1.165) is 62.3 Å². The van der Waals surface area contributed by atoms with Gasteiger partial charge in [0.1, 0.15) is 11.6 Å². The number of hydrogen-bond donors (Lipinski definition) is 1. The van der Waals surface area contributed by atoms with Crippen LogP contribution >= 0.6 is 0 Å². The van der Waals surface area contributed by atoms with E-state index in [9.17, 15) is 4.79 Å². The molecule has 0 bridgehead atoms. The van der Waals surface area contributed by atoms with Crippen LogP contribution in [0.25, 0.3) is 11.0 Å². The first kappa shape index (κ1) is 22.9. The van der Waals surface area contributed by atoms with E-state index in [1.807, 2.05) is 32.0 Å². The standard InChI is InChI=1S/C26H35N3O2/c1-20(2)26(30)27-16-8-4-5-15-25-28-23-13-6-7-14-24(23)29(25)17-10-18-31-22-12-9-11-21(3)19-22/h6-7,9,11-14,19-20H,4-5,8,10,15-18H2,1-3H3,(H,27,30). The molecule has 31 heavy (non-hydrogen) atoms. The van der Waals surface area contributed by atoms with E-state index in [2.05, 4.69) is 47.1 Å². The zero-order chi connectivity index (χ0) is 22.1. The summed E-state index contributed by atoms with van der Waals surface area (Å²) in [6.45, 7) is 8.26. The first-order chi connectivity index (χ1) is 15.0. The number of hydrogen-bond acceptors (Lipinski definition) is 3. The summed E-state index contributed by atoms with van der Waals surface area (Å²) in [5.74, 6) is 2.26. The number of aryl methyl sites for hydroxylation is 3. The van der Waals surface area contributed by atoms with Crippen molar-refractivity contribution in [2.75, 3.05) is 13.2 Å². The van der Waals surface area contributed by atoms with E-state index in [-0.39, 0.29) is 11.8 Å². The smallest absolute Gasteiger partial charge is 0.222 e. The lowest BCUT2D eigenvalue weighted by Crippen LogP contribution is -2.28. The number of nitrogens with zero attached hydrogens (tertiary/aromatic N) is 2. The fourth-order valence-electron chi connectivity index (χ4n) is 3.68. The Kier molecular flexibility index (Phi) is 8.51. The number of ether oxygens (including phenoxy) is 1. The highest BCUT2D eigenvalue weighted by Crippen LogP contribution is 2.19. The minimum atomic E-state index is 0.0507. The van der Waals surface area contributed by atoms with E-state index >= 15 is 0 Å². The van der Waals surface area contributed by atoms with Gasteiger partial charge in [-0.3, -0.25) is 4.79 Å². The van der Waals surface area contributed by atoms with Gasteiger partial charge in [0.25, 0.3) is 0 Å². The van der Waals surface area contributed by atoms with Crippen LogP contribution in [0.2, 0.25) is 0 Å². The molecule has 0 fully saturated rings. The number of aromatic nitrogens is 2. The molecule has 5 nitrogen and oxygen atoms in total. The summed E-state index contributed by atoms with van der Waals surface area (Å²) in [6, 6.07) is 16.5. The van der Waals surface area contributed by atoms with E-state index in [1.165, 1.54) is 11.1 Å². The van der Waals surface area contributed by atoms with Gasteiger partial charge >= 0.3 is 0 Å². The van der Waals surface area contributed by atoms with Crippen molar-refractivity contribution in [2.24, 2.45) is 5.92 Å². The number of carbonyl (C=O) groups is 1. The molecule has 1 N–H and O–H groups in total. The van der Waals surface area contributed by atoms with Gasteiger partial charge in [0, 0.05) is 25.4 Å². The quantitative estimate of drug-likeness (QED) is 0.404. The van der Waals surface area contributed by atoms with E-state index in [1.54, 1.807) is 0 Å². The molecule has 0 aliphatic rings. The van der Waals surface area contributed by atoms with Gasteiger partial charge in [0.05, 0.1) is 17.6 Å². The summed E-state index contributed by atoms with van der Waals surface area (Å²) in [6.07, 6.45) is 5.04. The highest BCUT2D eigenvalue weighted by molar-refractivity contribution is 5.77. The van der Waals surface area contributed by atoms with Crippen LogP contribution in [0.3, 0.4) is 0 Å². The predicted octanol–water partition coefficient (Wildman–Crippen LogP) is 5.30. The Morgan fingerprint density at radius 1 is 1.06 bits per heavy atom. The van der Waals surface area contributed by atoms with Crippen molar-refractivity contribution in [3.05, 3.63) is 59.9 Å². The lowest BCUT2D eigenvalue weighted by molar-refractivity contribution is -0.123. The SMILES string of the molecule is Cc1cccc(OCCCn2c(CCCCCNC(=O)C(C)C)nc3ccccc32)c1. The average Bonchev–Trinajstić information content (AvgIpc) is 3.11. The topological polar surface area (TPSA) is 56.1 Å². The second-order valence-corrected chi connectivity index (χ2v) is 8.44. The van der Waals surface area contributed by atoms with Gasteiger partial charge in [-0.15, -0.1) is 0 Å². The van der Waals surface area contributed by atoms with Crippen LogP contribution in [0.4, 0.5) is 0 Å². The molecule has 0 aliphatic carbocycles. The molecule has 5 heteroatoms. The predicted molar refractivity (Wildman–Crippen MR) is 126 cm³/mol. The molecule has 0 saturated carbocycles. The van der Waals surface area contributed by atoms with Crippen LogP contribution in [0, 0.1) is 12.8 Å². The van der Waals surface area contributed by atoms with Crippen molar-refractivity contribution in [1.82, 2.24) is 14.9 Å². The minimum absolute atomic E-state index is 0.0507. The molecule has 0 aliphatic heterocycles. The number of carbonyl (C=O) groups excluding carboxylic acids is 1. The summed E-state index contributed by atoms with van der Waals surface area (Å²) < 4.78 is 8.27. The highest BCUT2D eigenvalue weighted by Gasteiger charge is 2.10. The fourth-order valence-corrected chi connectivity index (χ4v) is 3.68. The van der Waals surface area contributed by atoms with Gasteiger partial charge in [-0.05, 0) is 56.0 Å².